The van der Waals surface area contributed by atoms with Crippen LogP contribution in [0.25, 0.3) is 10.8 Å². The number of allylic oxidation sites excluding steroid dienone is 1. The predicted octanol–water partition coefficient (Wildman–Crippen LogP) is 3.88. The van der Waals surface area contributed by atoms with Crippen molar-refractivity contribution in [3.05, 3.63) is 69.6 Å². The molecule has 7 heteroatoms. The Balaban J connectivity index is 2.09. The van der Waals surface area contributed by atoms with E-state index in [-0.39, 0.29) is 4.77 Å². The van der Waals surface area contributed by atoms with Gasteiger partial charge in [0.15, 0.2) is 4.77 Å². The minimum absolute atomic E-state index is 0.282. The third-order valence-corrected chi connectivity index (χ3v) is 5.02. The summed E-state index contributed by atoms with van der Waals surface area (Å²) >= 11 is 5.17. The molecule has 0 saturated carbocycles. The number of nitrogens with two attached hydrogens (primary N) is 1. The standard InChI is InChI=1S/C20H18N4O2S/c1-10-14(19(25)26-2)15(16-17(21)23-20(27)24-18(16)22-10)13-9-5-7-11-6-3-4-8-12(11)13/h3-9,15H,1-2H3,(H4,21,22,23,24,27). The number of ether oxygens (including phenoxy) is 1. The fraction of sp³-hybridized carbons (Fsp3) is 0.150. The number of carbonyl (C=O) groups is 1. The van der Waals surface area contributed by atoms with Gasteiger partial charge in [-0.3, -0.25) is 0 Å². The van der Waals surface area contributed by atoms with E-state index in [1.54, 1.807) is 0 Å². The Morgan fingerprint density at radius 3 is 2.74 bits per heavy atom. The van der Waals surface area contributed by atoms with Gasteiger partial charge in [-0.05, 0) is 35.5 Å². The van der Waals surface area contributed by atoms with Gasteiger partial charge in [-0.15, -0.1) is 0 Å². The number of carbonyl (C=O) groups excluding carboxylic acids is 1. The first-order valence-corrected chi connectivity index (χ1v) is 8.85. The second-order valence-electron chi connectivity index (χ2n) is 6.37. The van der Waals surface area contributed by atoms with Gasteiger partial charge in [0.1, 0.15) is 11.6 Å². The zero-order chi connectivity index (χ0) is 19.1. The number of hydrogen-bond acceptors (Lipinski definition) is 6. The molecule has 6 nitrogen and oxygen atoms in total. The summed E-state index contributed by atoms with van der Waals surface area (Å²) in [5, 5.41) is 5.27. The lowest BCUT2D eigenvalue weighted by molar-refractivity contribution is -0.136. The predicted molar refractivity (Wildman–Crippen MR) is 108 cm³/mol. The van der Waals surface area contributed by atoms with Gasteiger partial charge in [0.2, 0.25) is 0 Å². The van der Waals surface area contributed by atoms with Crippen LogP contribution in [-0.2, 0) is 9.53 Å². The molecular formula is C20H18N4O2S. The number of anilines is 2. The molecule has 4 rings (SSSR count). The van der Waals surface area contributed by atoms with Gasteiger partial charge in [-0.25, -0.2) is 9.78 Å². The Kier molecular flexibility index (Phi) is 4.16. The highest BCUT2D eigenvalue weighted by molar-refractivity contribution is 7.71. The molecule has 136 valence electrons. The second-order valence-corrected chi connectivity index (χ2v) is 6.76. The number of nitrogens with one attached hydrogen (secondary N) is 2. The van der Waals surface area contributed by atoms with E-state index in [0.717, 1.165) is 16.3 Å². The maximum absolute atomic E-state index is 12.7. The summed E-state index contributed by atoms with van der Waals surface area (Å²) in [6.45, 7) is 1.82. The van der Waals surface area contributed by atoms with Gasteiger partial charge in [0.05, 0.1) is 18.6 Å². The van der Waals surface area contributed by atoms with Crippen molar-refractivity contribution in [1.82, 2.24) is 9.97 Å². The van der Waals surface area contributed by atoms with Crippen molar-refractivity contribution in [2.45, 2.75) is 12.8 Å². The smallest absolute Gasteiger partial charge is 0.336 e. The number of H-pyrrole nitrogens is 1. The SMILES string of the molecule is COC(=O)C1=C(C)Nc2nc(=S)[nH]c(N)c2C1c1cccc2ccccc12. The Morgan fingerprint density at radius 2 is 1.96 bits per heavy atom. The van der Waals surface area contributed by atoms with E-state index in [2.05, 4.69) is 15.3 Å². The summed E-state index contributed by atoms with van der Waals surface area (Å²) in [6.07, 6.45) is 0. The minimum atomic E-state index is -0.431. The number of nitrogens with zero attached hydrogens (tertiary/aromatic N) is 1. The molecule has 1 atom stereocenters. The summed E-state index contributed by atoms with van der Waals surface area (Å²) in [4.78, 5) is 20.0. The summed E-state index contributed by atoms with van der Waals surface area (Å²) in [5.74, 6) is 0.0910. The normalized spacial score (nSPS) is 16.0. The maximum Gasteiger partial charge on any atom is 0.336 e. The zero-order valence-corrected chi connectivity index (χ0v) is 15.7. The van der Waals surface area contributed by atoms with Gasteiger partial charge >= 0.3 is 5.97 Å². The number of benzene rings is 2. The molecule has 2 aromatic carbocycles. The summed E-state index contributed by atoms with van der Waals surface area (Å²) < 4.78 is 5.36. The number of esters is 1. The van der Waals surface area contributed by atoms with Crippen molar-refractivity contribution < 1.29 is 9.53 Å². The lowest BCUT2D eigenvalue weighted by Gasteiger charge is -2.30. The first-order valence-electron chi connectivity index (χ1n) is 8.44. The second kappa shape index (κ2) is 6.51. The van der Waals surface area contributed by atoms with Gasteiger partial charge in [0, 0.05) is 11.3 Å². The molecule has 27 heavy (non-hydrogen) atoms. The molecule has 0 saturated heterocycles. The molecular weight excluding hydrogens is 360 g/mol. The van der Waals surface area contributed by atoms with Crippen LogP contribution in [0.3, 0.4) is 0 Å². The van der Waals surface area contributed by atoms with E-state index in [1.165, 1.54) is 7.11 Å². The zero-order valence-electron chi connectivity index (χ0n) is 14.9. The Morgan fingerprint density at radius 1 is 1.22 bits per heavy atom. The number of fused-ring (bicyclic) bond motifs is 2. The van der Waals surface area contributed by atoms with Gasteiger partial charge in [-0.2, -0.15) is 0 Å². The molecule has 1 aliphatic rings. The van der Waals surface area contributed by atoms with Crippen LogP contribution >= 0.6 is 12.2 Å². The van der Waals surface area contributed by atoms with Crippen LogP contribution in [0.2, 0.25) is 0 Å². The van der Waals surface area contributed by atoms with Crippen LogP contribution in [0.5, 0.6) is 0 Å². The third kappa shape index (κ3) is 2.76. The van der Waals surface area contributed by atoms with Crippen LogP contribution in [0.1, 0.15) is 24.0 Å². The lowest BCUT2D eigenvalue weighted by atomic mass is 9.80. The van der Waals surface area contributed by atoms with E-state index >= 15 is 0 Å². The van der Waals surface area contributed by atoms with E-state index in [0.29, 0.717) is 28.5 Å². The number of nitrogen functional groups attached to an aromatic ring is 1. The highest BCUT2D eigenvalue weighted by Crippen LogP contribution is 2.45. The largest absolute Gasteiger partial charge is 0.466 e. The number of hydrogen-bond donors (Lipinski definition) is 3. The molecule has 3 aromatic rings. The molecule has 0 bridgehead atoms. The average molecular weight is 378 g/mol. The molecule has 2 heterocycles. The van der Waals surface area contributed by atoms with E-state index in [1.807, 2.05) is 49.4 Å². The highest BCUT2D eigenvalue weighted by atomic mass is 32.1. The van der Waals surface area contributed by atoms with E-state index in [4.69, 9.17) is 22.7 Å². The Hall–Kier alpha value is -3.19. The van der Waals surface area contributed by atoms with Gasteiger partial charge < -0.3 is 20.8 Å². The molecule has 4 N–H and O–H groups in total. The van der Waals surface area contributed by atoms with Crippen LogP contribution in [0.15, 0.2) is 53.7 Å². The van der Waals surface area contributed by atoms with Gasteiger partial charge in [-0.1, -0.05) is 42.5 Å². The number of rotatable bonds is 2. The van der Waals surface area contributed by atoms with Crippen molar-refractivity contribution in [1.29, 1.82) is 0 Å². The van der Waals surface area contributed by atoms with Crippen molar-refractivity contribution in [3.63, 3.8) is 0 Å². The molecule has 0 radical (unpaired) electrons. The van der Waals surface area contributed by atoms with Crippen molar-refractivity contribution in [2.24, 2.45) is 0 Å². The van der Waals surface area contributed by atoms with Gasteiger partial charge in [0.25, 0.3) is 0 Å². The molecule has 1 aromatic heterocycles. The molecule has 0 amide bonds. The number of aromatic amines is 1. The first kappa shape index (κ1) is 17.2. The van der Waals surface area contributed by atoms with Crippen LogP contribution < -0.4 is 11.1 Å². The van der Waals surface area contributed by atoms with Crippen LogP contribution in [0, 0.1) is 4.77 Å². The number of aromatic nitrogens is 2. The monoisotopic (exact) mass is 378 g/mol. The maximum atomic E-state index is 12.7. The first-order chi connectivity index (χ1) is 13.0. The number of methoxy groups -OCH3 is 1. The Labute approximate surface area is 161 Å². The summed E-state index contributed by atoms with van der Waals surface area (Å²) in [6, 6.07) is 14.0. The lowest BCUT2D eigenvalue weighted by Crippen LogP contribution is -2.26. The molecule has 1 aliphatic heterocycles. The van der Waals surface area contributed by atoms with Crippen LogP contribution in [-0.4, -0.2) is 23.0 Å². The molecule has 0 fully saturated rings. The fourth-order valence-corrected chi connectivity index (χ4v) is 3.89. The molecule has 1 unspecified atom stereocenters. The fourth-order valence-electron chi connectivity index (χ4n) is 3.69. The summed E-state index contributed by atoms with van der Waals surface area (Å²) in [7, 11) is 1.37. The van der Waals surface area contributed by atoms with Crippen molar-refractivity contribution >= 4 is 40.6 Å². The van der Waals surface area contributed by atoms with Crippen molar-refractivity contribution in [3.8, 4) is 0 Å². The van der Waals surface area contributed by atoms with Crippen molar-refractivity contribution in [2.75, 3.05) is 18.2 Å². The minimum Gasteiger partial charge on any atom is -0.466 e. The summed E-state index contributed by atoms with van der Waals surface area (Å²) in [5.41, 5.74) is 9.09. The molecule has 0 spiro atoms. The Bertz CT molecular complexity index is 1160. The van der Waals surface area contributed by atoms with Crippen LogP contribution in [0.4, 0.5) is 11.6 Å². The third-order valence-electron chi connectivity index (χ3n) is 4.83. The highest BCUT2D eigenvalue weighted by Gasteiger charge is 2.36. The quantitative estimate of drug-likeness (QED) is 0.463. The molecule has 0 aliphatic carbocycles. The topological polar surface area (TPSA) is 93.0 Å². The van der Waals surface area contributed by atoms with E-state index in [9.17, 15) is 4.79 Å². The average Bonchev–Trinajstić information content (AvgIpc) is 2.65. The van der Waals surface area contributed by atoms with E-state index < -0.39 is 11.9 Å².